The molecule has 7 heteroatoms. The Bertz CT molecular complexity index is 684. The van der Waals surface area contributed by atoms with Crippen molar-refractivity contribution in [2.45, 2.75) is 32.9 Å². The number of carbonyl (C=O) groups excluding carboxylic acids is 3. The fourth-order valence-electron chi connectivity index (χ4n) is 2.55. The van der Waals surface area contributed by atoms with E-state index in [1.165, 1.54) is 23.1 Å². The lowest BCUT2D eigenvalue weighted by molar-refractivity contribution is -0.162. The smallest absolute Gasteiger partial charge is 0.252 e. The Kier molecular flexibility index (Phi) is 5.57. The first-order valence-corrected chi connectivity index (χ1v) is 8.05. The van der Waals surface area contributed by atoms with Gasteiger partial charge in [-0.3, -0.25) is 14.4 Å². The first-order chi connectivity index (χ1) is 11.6. The van der Waals surface area contributed by atoms with Crippen molar-refractivity contribution < 1.29 is 23.5 Å². The van der Waals surface area contributed by atoms with Crippen molar-refractivity contribution in [3.8, 4) is 0 Å². The second-order valence-corrected chi connectivity index (χ2v) is 7.13. The fraction of sp³-hybridized carbons (Fsp3) is 0.500. The number of halogens is 1. The molecule has 2 amide bonds. The molecule has 0 aliphatic carbocycles. The van der Waals surface area contributed by atoms with Crippen molar-refractivity contribution in [2.75, 3.05) is 20.2 Å². The number of carbonyl (C=O) groups is 3. The lowest BCUT2D eigenvalue weighted by Gasteiger charge is -2.38. The van der Waals surface area contributed by atoms with Crippen LogP contribution in [0.3, 0.4) is 0 Å². The van der Waals surface area contributed by atoms with E-state index in [0.29, 0.717) is 5.56 Å². The topological polar surface area (TPSA) is 75.7 Å². The Labute approximate surface area is 146 Å². The Morgan fingerprint density at radius 2 is 2.04 bits per heavy atom. The summed E-state index contributed by atoms with van der Waals surface area (Å²) in [4.78, 5) is 37.8. The van der Waals surface area contributed by atoms with E-state index in [2.05, 4.69) is 5.32 Å². The normalized spacial score (nSPS) is 21.2. The number of hydrogen-bond acceptors (Lipinski definition) is 4. The summed E-state index contributed by atoms with van der Waals surface area (Å²) in [7, 11) is 1.54. The molecule has 136 valence electrons. The lowest BCUT2D eigenvalue weighted by atomic mass is 9.90. The highest BCUT2D eigenvalue weighted by molar-refractivity contribution is 5.92. The molecule has 1 heterocycles. The minimum absolute atomic E-state index is 0.122. The van der Waals surface area contributed by atoms with Gasteiger partial charge in [-0.25, -0.2) is 4.39 Å². The van der Waals surface area contributed by atoms with Crippen molar-refractivity contribution in [2.24, 2.45) is 5.41 Å². The summed E-state index contributed by atoms with van der Waals surface area (Å²) in [5.41, 5.74) is -0.118. The van der Waals surface area contributed by atoms with E-state index < -0.39 is 29.3 Å². The number of rotatable bonds is 4. The average molecular weight is 350 g/mol. The predicted octanol–water partition coefficient (Wildman–Crippen LogP) is 1.46. The van der Waals surface area contributed by atoms with Gasteiger partial charge < -0.3 is 15.0 Å². The third-order valence-corrected chi connectivity index (χ3v) is 4.19. The van der Waals surface area contributed by atoms with E-state index in [1.54, 1.807) is 33.9 Å². The molecule has 6 nitrogen and oxygen atoms in total. The molecular weight excluding hydrogens is 327 g/mol. The quantitative estimate of drug-likeness (QED) is 0.892. The third-order valence-electron chi connectivity index (χ3n) is 4.19. The molecule has 1 aromatic rings. The Balaban J connectivity index is 2.20. The van der Waals surface area contributed by atoms with Gasteiger partial charge in [0, 0.05) is 12.5 Å². The molecule has 2 atom stereocenters. The van der Waals surface area contributed by atoms with E-state index in [-0.39, 0.29) is 24.8 Å². The maximum Gasteiger partial charge on any atom is 0.252 e. The maximum absolute atomic E-state index is 13.6. The van der Waals surface area contributed by atoms with Gasteiger partial charge in [0.1, 0.15) is 12.4 Å². The van der Waals surface area contributed by atoms with Gasteiger partial charge in [0.15, 0.2) is 11.9 Å². The molecule has 2 unspecified atom stereocenters. The molecular formula is C18H23FN2O4. The van der Waals surface area contributed by atoms with Gasteiger partial charge in [0.05, 0.1) is 12.6 Å². The van der Waals surface area contributed by atoms with Crippen molar-refractivity contribution in [3.63, 3.8) is 0 Å². The summed E-state index contributed by atoms with van der Waals surface area (Å²) >= 11 is 0. The lowest BCUT2D eigenvalue weighted by Crippen LogP contribution is -2.53. The molecule has 2 rings (SSSR count). The zero-order valence-corrected chi connectivity index (χ0v) is 14.8. The maximum atomic E-state index is 13.6. The number of ether oxygens (including phenoxy) is 1. The van der Waals surface area contributed by atoms with Gasteiger partial charge in [0.25, 0.3) is 5.91 Å². The average Bonchev–Trinajstić information content (AvgIpc) is 2.53. The number of ketones is 1. The molecule has 1 fully saturated rings. The molecule has 1 aromatic carbocycles. The first-order valence-electron chi connectivity index (χ1n) is 8.05. The highest BCUT2D eigenvalue weighted by Gasteiger charge is 2.40. The first kappa shape index (κ1) is 19.1. The van der Waals surface area contributed by atoms with Crippen LogP contribution in [0.2, 0.25) is 0 Å². The number of likely N-dealkylation sites (N-methyl/N-ethyl adjacent to an activating group) is 1. The fourth-order valence-corrected chi connectivity index (χ4v) is 2.55. The van der Waals surface area contributed by atoms with Crippen LogP contribution in [0.5, 0.6) is 0 Å². The number of hydrogen-bond donors (Lipinski definition) is 1. The van der Waals surface area contributed by atoms with Crippen molar-refractivity contribution in [1.29, 1.82) is 0 Å². The number of morpholine rings is 1. The Hall–Kier alpha value is -2.28. The molecule has 0 saturated carbocycles. The zero-order chi connectivity index (χ0) is 18.8. The number of amides is 2. The standard InChI is InChI=1S/C18H23FN2O4/c1-18(2,3)13(22)9-20-17(24)16-15(21(4)14(23)10-25-16)11-6-5-7-12(19)8-11/h5-8,15-16H,9-10H2,1-4H3,(H,20,24). The van der Waals surface area contributed by atoms with Gasteiger partial charge in [0.2, 0.25) is 5.91 Å². The van der Waals surface area contributed by atoms with Gasteiger partial charge in [-0.05, 0) is 17.7 Å². The number of nitrogens with zero attached hydrogens (tertiary/aromatic N) is 1. The second-order valence-electron chi connectivity index (χ2n) is 7.13. The van der Waals surface area contributed by atoms with Gasteiger partial charge >= 0.3 is 0 Å². The molecule has 1 saturated heterocycles. The van der Waals surface area contributed by atoms with E-state index in [0.717, 1.165) is 0 Å². The minimum atomic E-state index is -1.02. The summed E-state index contributed by atoms with van der Waals surface area (Å²) in [6, 6.07) is 4.93. The van der Waals surface area contributed by atoms with Crippen molar-refractivity contribution >= 4 is 17.6 Å². The second kappa shape index (κ2) is 7.31. The van der Waals surface area contributed by atoms with E-state index in [4.69, 9.17) is 4.74 Å². The third kappa shape index (κ3) is 4.42. The van der Waals surface area contributed by atoms with Crippen molar-refractivity contribution in [3.05, 3.63) is 35.6 Å². The molecule has 0 spiro atoms. The summed E-state index contributed by atoms with van der Waals surface area (Å²) in [6.45, 7) is 4.92. The van der Waals surface area contributed by atoms with Crippen LogP contribution in [0.4, 0.5) is 4.39 Å². The highest BCUT2D eigenvalue weighted by atomic mass is 19.1. The number of Topliss-reactive ketones (excluding diaryl/α,β-unsaturated/α-hetero) is 1. The van der Waals surface area contributed by atoms with Gasteiger partial charge in [-0.2, -0.15) is 0 Å². The van der Waals surface area contributed by atoms with Crippen LogP contribution in [-0.4, -0.2) is 48.8 Å². The van der Waals surface area contributed by atoms with E-state index >= 15 is 0 Å². The van der Waals surface area contributed by atoms with E-state index in [9.17, 15) is 18.8 Å². The van der Waals surface area contributed by atoms with Crippen LogP contribution in [0.1, 0.15) is 32.4 Å². The molecule has 1 N–H and O–H groups in total. The van der Waals surface area contributed by atoms with Gasteiger partial charge in [-0.1, -0.05) is 32.9 Å². The Morgan fingerprint density at radius 1 is 1.36 bits per heavy atom. The SMILES string of the molecule is CN1C(=O)COC(C(=O)NCC(=O)C(C)(C)C)C1c1cccc(F)c1. The Morgan fingerprint density at radius 3 is 2.64 bits per heavy atom. The minimum Gasteiger partial charge on any atom is -0.356 e. The summed E-state index contributed by atoms with van der Waals surface area (Å²) in [5.74, 6) is -1.40. The summed E-state index contributed by atoms with van der Waals surface area (Å²) < 4.78 is 19.0. The van der Waals surface area contributed by atoms with Crippen LogP contribution in [-0.2, 0) is 19.1 Å². The molecule has 1 aliphatic heterocycles. The van der Waals surface area contributed by atoms with Crippen LogP contribution in [0.25, 0.3) is 0 Å². The number of benzene rings is 1. The summed E-state index contributed by atoms with van der Waals surface area (Å²) in [6.07, 6.45) is -1.02. The van der Waals surface area contributed by atoms with Crippen LogP contribution >= 0.6 is 0 Å². The zero-order valence-electron chi connectivity index (χ0n) is 14.8. The van der Waals surface area contributed by atoms with Crippen LogP contribution in [0, 0.1) is 11.2 Å². The highest BCUT2D eigenvalue weighted by Crippen LogP contribution is 2.29. The molecule has 0 aromatic heterocycles. The molecule has 0 radical (unpaired) electrons. The summed E-state index contributed by atoms with van der Waals surface area (Å²) in [5, 5.41) is 2.56. The van der Waals surface area contributed by atoms with Crippen molar-refractivity contribution in [1.82, 2.24) is 10.2 Å². The molecule has 25 heavy (non-hydrogen) atoms. The van der Waals surface area contributed by atoms with Crippen LogP contribution < -0.4 is 5.32 Å². The number of nitrogens with one attached hydrogen (secondary N) is 1. The van der Waals surface area contributed by atoms with Gasteiger partial charge in [-0.15, -0.1) is 0 Å². The monoisotopic (exact) mass is 350 g/mol. The van der Waals surface area contributed by atoms with E-state index in [1.807, 2.05) is 0 Å². The van der Waals surface area contributed by atoms with Crippen LogP contribution in [0.15, 0.2) is 24.3 Å². The largest absolute Gasteiger partial charge is 0.356 e. The molecule has 1 aliphatic rings. The molecule has 0 bridgehead atoms. The predicted molar refractivity (Wildman–Crippen MR) is 89.1 cm³/mol.